The Balaban J connectivity index is 0.000000137. The van der Waals surface area contributed by atoms with Crippen molar-refractivity contribution >= 4 is 75.9 Å². The minimum Gasteiger partial charge on any atom is -0.309 e. The second-order valence-electron chi connectivity index (χ2n) is 19.2. The van der Waals surface area contributed by atoms with Crippen LogP contribution in [-0.4, -0.2) is 9.13 Å². The molecular formula is C72H48N2. The summed E-state index contributed by atoms with van der Waals surface area (Å²) in [4.78, 5) is 0. The average molecular weight is 941 g/mol. The quantitative estimate of drug-likeness (QED) is 0.147. The largest absolute Gasteiger partial charge is 0.309 e. The van der Waals surface area contributed by atoms with E-state index >= 15 is 0 Å². The monoisotopic (exact) mass is 940 g/mol. The van der Waals surface area contributed by atoms with Gasteiger partial charge in [-0.2, -0.15) is 0 Å². The van der Waals surface area contributed by atoms with E-state index in [9.17, 15) is 0 Å². The Morgan fingerprint density at radius 3 is 1.05 bits per heavy atom. The molecule has 0 unspecified atom stereocenters. The van der Waals surface area contributed by atoms with Crippen LogP contribution in [0.15, 0.2) is 291 Å². The predicted molar refractivity (Wildman–Crippen MR) is 316 cm³/mol. The number of aromatic nitrogens is 2. The van der Waals surface area contributed by atoms with Gasteiger partial charge in [0.1, 0.15) is 0 Å². The van der Waals surface area contributed by atoms with Crippen LogP contribution in [0, 0.1) is 0 Å². The third kappa shape index (κ3) is 7.35. The lowest BCUT2D eigenvalue weighted by atomic mass is 9.96. The molecule has 0 amide bonds. The zero-order valence-corrected chi connectivity index (χ0v) is 40.6. The zero-order valence-electron chi connectivity index (χ0n) is 40.6. The summed E-state index contributed by atoms with van der Waals surface area (Å²) in [7, 11) is 0. The van der Waals surface area contributed by atoms with Crippen molar-refractivity contribution in [1.29, 1.82) is 0 Å². The molecule has 0 aliphatic rings. The van der Waals surface area contributed by atoms with Gasteiger partial charge in [-0.1, -0.05) is 255 Å². The molecule has 346 valence electrons. The first-order valence-corrected chi connectivity index (χ1v) is 25.5. The maximum Gasteiger partial charge on any atom is 0.0625 e. The van der Waals surface area contributed by atoms with E-state index in [2.05, 4.69) is 300 Å². The normalized spacial score (nSPS) is 11.5. The molecule has 0 saturated carbocycles. The third-order valence-corrected chi connectivity index (χ3v) is 15.0. The van der Waals surface area contributed by atoms with Crippen LogP contribution < -0.4 is 0 Å². The van der Waals surface area contributed by atoms with E-state index in [0.29, 0.717) is 0 Å². The molecule has 0 fully saturated rings. The lowest BCUT2D eigenvalue weighted by Crippen LogP contribution is -1.95. The highest BCUT2D eigenvalue weighted by Crippen LogP contribution is 2.44. The van der Waals surface area contributed by atoms with Gasteiger partial charge in [0.2, 0.25) is 0 Å². The van der Waals surface area contributed by atoms with Gasteiger partial charge in [0.05, 0.1) is 22.1 Å². The Kier molecular flexibility index (Phi) is 10.6. The fourth-order valence-electron chi connectivity index (χ4n) is 11.5. The van der Waals surface area contributed by atoms with Gasteiger partial charge in [0, 0.05) is 43.7 Å². The highest BCUT2D eigenvalue weighted by molar-refractivity contribution is 6.32. The van der Waals surface area contributed by atoms with Gasteiger partial charge in [-0.05, 0) is 102 Å². The van der Waals surface area contributed by atoms with Crippen LogP contribution >= 0.6 is 0 Å². The molecule has 2 heteroatoms. The molecule has 13 aromatic carbocycles. The number of nitrogens with zero attached hydrogens (tertiary/aromatic N) is 2. The maximum absolute atomic E-state index is 2.47. The molecular weight excluding hydrogens is 893 g/mol. The molecule has 0 aliphatic heterocycles. The number of hydrogen-bond donors (Lipinski definition) is 0. The maximum atomic E-state index is 2.47. The van der Waals surface area contributed by atoms with Crippen LogP contribution in [0.4, 0.5) is 0 Å². The van der Waals surface area contributed by atoms with Gasteiger partial charge in [0.25, 0.3) is 0 Å². The van der Waals surface area contributed by atoms with Crippen LogP contribution in [-0.2, 0) is 0 Å². The van der Waals surface area contributed by atoms with Crippen LogP contribution in [0.2, 0.25) is 0 Å². The summed E-state index contributed by atoms with van der Waals surface area (Å²) < 4.78 is 4.91. The topological polar surface area (TPSA) is 9.86 Å². The van der Waals surface area contributed by atoms with Gasteiger partial charge in [-0.25, -0.2) is 0 Å². The number of rotatable bonds is 6. The van der Waals surface area contributed by atoms with E-state index in [1.807, 2.05) is 0 Å². The van der Waals surface area contributed by atoms with Crippen molar-refractivity contribution in [3.8, 4) is 55.9 Å². The summed E-state index contributed by atoms with van der Waals surface area (Å²) in [5, 5.41) is 12.8. The SMILES string of the molecule is c1ccc(-c2ccc(-n3c4cc(-c5ccccc5)ccc4c4c5ccccc5c5ccccc5c43)cc2)cc1.c1ccc(-c2ccc(-n3c4cc(-c5ccccc5)ccc4c4ccc5ccccc5c43)cc2)cc1. The lowest BCUT2D eigenvalue weighted by molar-refractivity contribution is 1.19. The summed E-state index contributed by atoms with van der Waals surface area (Å²) in [5.41, 5.74) is 17.1. The Morgan fingerprint density at radius 2 is 0.527 bits per heavy atom. The molecule has 0 saturated heterocycles. The molecule has 2 aromatic heterocycles. The molecule has 0 N–H and O–H groups in total. The van der Waals surface area contributed by atoms with Gasteiger partial charge in [-0.3, -0.25) is 0 Å². The van der Waals surface area contributed by atoms with E-state index in [-0.39, 0.29) is 0 Å². The van der Waals surface area contributed by atoms with Gasteiger partial charge in [0.15, 0.2) is 0 Å². The second kappa shape index (κ2) is 18.1. The van der Waals surface area contributed by atoms with Crippen molar-refractivity contribution in [2.75, 3.05) is 0 Å². The Labute approximate surface area is 429 Å². The summed E-state index contributed by atoms with van der Waals surface area (Å²) in [6.45, 7) is 0. The van der Waals surface area contributed by atoms with E-state index < -0.39 is 0 Å². The lowest BCUT2D eigenvalue weighted by Gasteiger charge is -2.13. The molecule has 0 bridgehead atoms. The van der Waals surface area contributed by atoms with Gasteiger partial charge < -0.3 is 9.13 Å². The molecule has 15 rings (SSSR count). The smallest absolute Gasteiger partial charge is 0.0625 e. The first kappa shape index (κ1) is 43.1. The number of fused-ring (bicyclic) bond motifs is 13. The Morgan fingerprint density at radius 1 is 0.189 bits per heavy atom. The Hall–Kier alpha value is -9.76. The van der Waals surface area contributed by atoms with Crippen LogP contribution in [0.3, 0.4) is 0 Å². The van der Waals surface area contributed by atoms with Crippen LogP contribution in [0.1, 0.15) is 0 Å². The van der Waals surface area contributed by atoms with Crippen molar-refractivity contribution in [1.82, 2.24) is 9.13 Å². The van der Waals surface area contributed by atoms with Crippen molar-refractivity contribution < 1.29 is 0 Å². The molecule has 74 heavy (non-hydrogen) atoms. The van der Waals surface area contributed by atoms with Gasteiger partial charge >= 0.3 is 0 Å². The summed E-state index contributed by atoms with van der Waals surface area (Å²) in [6.07, 6.45) is 0. The summed E-state index contributed by atoms with van der Waals surface area (Å²) >= 11 is 0. The minimum atomic E-state index is 1.17. The first-order chi connectivity index (χ1) is 36.7. The van der Waals surface area contributed by atoms with E-state index in [4.69, 9.17) is 0 Å². The molecule has 0 aliphatic carbocycles. The highest BCUT2D eigenvalue weighted by Gasteiger charge is 2.20. The Bertz CT molecular complexity index is 4530. The average Bonchev–Trinajstić information content (AvgIpc) is 4.02. The predicted octanol–water partition coefficient (Wildman–Crippen LogP) is 19.7. The summed E-state index contributed by atoms with van der Waals surface area (Å²) in [5.74, 6) is 0. The van der Waals surface area contributed by atoms with Crippen molar-refractivity contribution in [3.63, 3.8) is 0 Å². The molecule has 0 atom stereocenters. The van der Waals surface area contributed by atoms with Crippen LogP contribution in [0.5, 0.6) is 0 Å². The summed E-state index contributed by atoms with van der Waals surface area (Å²) in [6, 6.07) is 105. The first-order valence-electron chi connectivity index (χ1n) is 25.5. The molecule has 2 nitrogen and oxygen atoms in total. The second-order valence-corrected chi connectivity index (χ2v) is 19.2. The zero-order chi connectivity index (χ0) is 49.0. The highest BCUT2D eigenvalue weighted by atomic mass is 15.0. The third-order valence-electron chi connectivity index (χ3n) is 15.0. The van der Waals surface area contributed by atoms with Gasteiger partial charge in [-0.15, -0.1) is 0 Å². The fourth-order valence-corrected chi connectivity index (χ4v) is 11.5. The molecule has 0 radical (unpaired) electrons. The van der Waals surface area contributed by atoms with Crippen molar-refractivity contribution in [3.05, 3.63) is 291 Å². The molecule has 2 heterocycles. The fraction of sp³-hybridized carbons (Fsp3) is 0. The number of benzene rings is 13. The minimum absolute atomic E-state index is 1.17. The standard InChI is InChI=1S/C38H25N.C34H23N/c1-3-11-26(12-4-1)28-19-22-30(23-20-28)39-36-25-29(27-13-5-2-6-14-27)21-24-35(36)37-33-17-9-7-15-31(33)32-16-8-10-18-34(32)38(37)39;1-3-9-24(10-4-1)26-15-19-29(20-16-26)35-33-23-28(25-11-5-2-6-12-25)18-21-31(33)32-22-17-27-13-7-8-14-30(27)34(32)35/h1-25H;1-23H. The van der Waals surface area contributed by atoms with Crippen molar-refractivity contribution in [2.45, 2.75) is 0 Å². The van der Waals surface area contributed by atoms with E-state index in [1.165, 1.54) is 132 Å². The molecule has 15 aromatic rings. The van der Waals surface area contributed by atoms with Crippen LogP contribution in [0.25, 0.3) is 132 Å². The van der Waals surface area contributed by atoms with Crippen molar-refractivity contribution in [2.24, 2.45) is 0 Å². The molecule has 0 spiro atoms. The number of hydrogen-bond acceptors (Lipinski definition) is 0. The van der Waals surface area contributed by atoms with E-state index in [1.54, 1.807) is 0 Å². The van der Waals surface area contributed by atoms with E-state index in [0.717, 1.165) is 0 Å².